The molecule has 0 aromatic heterocycles. The number of hydrogen-bond donors (Lipinski definition) is 2. The van der Waals surface area contributed by atoms with Crippen LogP contribution in [0.2, 0.25) is 0 Å². The number of hydrogen-bond acceptors (Lipinski definition) is 3. The van der Waals surface area contributed by atoms with Crippen LogP contribution >= 0.6 is 15.9 Å². The summed E-state index contributed by atoms with van der Waals surface area (Å²) in [4.78, 5) is 11.8. The highest BCUT2D eigenvalue weighted by molar-refractivity contribution is 9.10. The molecule has 3 N–H and O–H groups in total. The Labute approximate surface area is 115 Å². The maximum absolute atomic E-state index is 11.9. The Bertz CT molecular complexity index is 576. The van der Waals surface area contributed by atoms with Crippen LogP contribution in [0, 0.1) is 0 Å². The van der Waals surface area contributed by atoms with Crippen molar-refractivity contribution in [2.24, 2.45) is 5.14 Å². The number of rotatable bonds is 2. The van der Waals surface area contributed by atoms with Gasteiger partial charge in [0.2, 0.25) is 10.0 Å². The minimum atomic E-state index is -3.84. The molecule has 0 bridgehead atoms. The van der Waals surface area contributed by atoms with Gasteiger partial charge in [-0.25, -0.2) is 13.6 Å². The third kappa shape index (κ3) is 4.40. The van der Waals surface area contributed by atoms with E-state index in [1.165, 1.54) is 18.2 Å². The molecule has 0 saturated heterocycles. The minimum absolute atomic E-state index is 0.101. The van der Waals surface area contributed by atoms with Crippen LogP contribution in [0.4, 0.5) is 0 Å². The molecule has 5 nitrogen and oxygen atoms in total. The second kappa shape index (κ2) is 4.99. The zero-order valence-electron chi connectivity index (χ0n) is 10.3. The van der Waals surface area contributed by atoms with Crippen molar-refractivity contribution in [1.82, 2.24) is 5.32 Å². The zero-order valence-corrected chi connectivity index (χ0v) is 12.7. The van der Waals surface area contributed by atoms with Crippen LogP contribution in [0.15, 0.2) is 27.6 Å². The van der Waals surface area contributed by atoms with Crippen molar-refractivity contribution >= 4 is 31.9 Å². The summed E-state index contributed by atoms with van der Waals surface area (Å²) in [6.07, 6.45) is 0. The van der Waals surface area contributed by atoms with Crippen molar-refractivity contribution in [3.05, 3.63) is 28.2 Å². The lowest BCUT2D eigenvalue weighted by Crippen LogP contribution is -2.40. The molecule has 0 spiro atoms. The van der Waals surface area contributed by atoms with Crippen molar-refractivity contribution in [2.75, 3.05) is 0 Å². The van der Waals surface area contributed by atoms with Gasteiger partial charge in [0.1, 0.15) is 0 Å². The van der Waals surface area contributed by atoms with Crippen molar-refractivity contribution < 1.29 is 13.2 Å². The van der Waals surface area contributed by atoms with Crippen LogP contribution in [-0.4, -0.2) is 19.9 Å². The van der Waals surface area contributed by atoms with Crippen LogP contribution in [0.25, 0.3) is 0 Å². The number of halogens is 1. The van der Waals surface area contributed by atoms with Gasteiger partial charge >= 0.3 is 0 Å². The summed E-state index contributed by atoms with van der Waals surface area (Å²) in [5.41, 5.74) is -0.162. The number of carbonyl (C=O) groups is 1. The van der Waals surface area contributed by atoms with Gasteiger partial charge in [-0.15, -0.1) is 0 Å². The van der Waals surface area contributed by atoms with Crippen molar-refractivity contribution in [1.29, 1.82) is 0 Å². The molecule has 0 saturated carbocycles. The van der Waals surface area contributed by atoms with Gasteiger partial charge in [-0.05, 0) is 39.0 Å². The Kier molecular flexibility index (Phi) is 4.19. The van der Waals surface area contributed by atoms with Gasteiger partial charge in [0.15, 0.2) is 0 Å². The van der Waals surface area contributed by atoms with Gasteiger partial charge in [-0.1, -0.05) is 15.9 Å². The Morgan fingerprint density at radius 1 is 1.28 bits per heavy atom. The van der Waals surface area contributed by atoms with Gasteiger partial charge in [0.05, 0.1) is 4.90 Å². The van der Waals surface area contributed by atoms with Crippen LogP contribution < -0.4 is 10.5 Å². The summed E-state index contributed by atoms with van der Waals surface area (Å²) in [6, 6.07) is 4.14. The highest BCUT2D eigenvalue weighted by Gasteiger charge is 2.18. The third-order valence-corrected chi connectivity index (χ3v) is 3.30. The summed E-state index contributed by atoms with van der Waals surface area (Å²) in [5, 5.41) is 7.79. The van der Waals surface area contributed by atoms with Crippen LogP contribution in [0.3, 0.4) is 0 Å². The average Bonchev–Trinajstić information content (AvgIpc) is 2.12. The first kappa shape index (κ1) is 15.1. The fourth-order valence-electron chi connectivity index (χ4n) is 1.27. The Morgan fingerprint density at radius 3 is 2.28 bits per heavy atom. The maximum Gasteiger partial charge on any atom is 0.251 e. The Morgan fingerprint density at radius 2 is 1.83 bits per heavy atom. The van der Waals surface area contributed by atoms with E-state index in [4.69, 9.17) is 5.14 Å². The molecule has 0 aliphatic carbocycles. The van der Waals surface area contributed by atoms with E-state index in [-0.39, 0.29) is 16.4 Å². The molecule has 7 heteroatoms. The fraction of sp³-hybridized carbons (Fsp3) is 0.364. The number of primary sulfonamides is 1. The van der Waals surface area contributed by atoms with E-state index < -0.39 is 15.6 Å². The topological polar surface area (TPSA) is 89.3 Å². The van der Waals surface area contributed by atoms with E-state index in [0.717, 1.165) is 0 Å². The van der Waals surface area contributed by atoms with E-state index in [2.05, 4.69) is 21.2 Å². The van der Waals surface area contributed by atoms with Crippen LogP contribution in [0.1, 0.15) is 31.1 Å². The molecule has 1 amide bonds. The highest BCUT2D eigenvalue weighted by Crippen LogP contribution is 2.19. The van der Waals surface area contributed by atoms with E-state index in [1.807, 2.05) is 20.8 Å². The van der Waals surface area contributed by atoms with Crippen molar-refractivity contribution in [3.63, 3.8) is 0 Å². The molecule has 100 valence electrons. The first-order valence-corrected chi connectivity index (χ1v) is 7.49. The molecule has 1 aromatic carbocycles. The quantitative estimate of drug-likeness (QED) is 0.861. The summed E-state index contributed by atoms with van der Waals surface area (Å²) >= 11 is 3.15. The molecule has 0 aliphatic heterocycles. The lowest BCUT2D eigenvalue weighted by molar-refractivity contribution is 0.0919. The monoisotopic (exact) mass is 334 g/mol. The largest absolute Gasteiger partial charge is 0.347 e. The number of carbonyl (C=O) groups excluding carboxylic acids is 1. The molecular weight excluding hydrogens is 320 g/mol. The summed E-state index contributed by atoms with van der Waals surface area (Å²) in [7, 11) is -3.84. The number of sulfonamides is 1. The smallest absolute Gasteiger partial charge is 0.251 e. The highest BCUT2D eigenvalue weighted by atomic mass is 79.9. The normalized spacial score (nSPS) is 12.3. The van der Waals surface area contributed by atoms with Crippen molar-refractivity contribution in [3.8, 4) is 0 Å². The summed E-state index contributed by atoms with van der Waals surface area (Å²) < 4.78 is 23.0. The third-order valence-electron chi connectivity index (χ3n) is 1.95. The van der Waals surface area contributed by atoms with Gasteiger partial charge in [-0.2, -0.15) is 0 Å². The number of nitrogens with two attached hydrogens (primary N) is 1. The second-order valence-electron chi connectivity index (χ2n) is 4.92. The maximum atomic E-state index is 11.9. The first-order valence-electron chi connectivity index (χ1n) is 5.15. The Balaban J connectivity index is 3.19. The number of amides is 1. The zero-order chi connectivity index (χ0) is 14.1. The lowest BCUT2D eigenvalue weighted by atomic mass is 10.1. The number of benzene rings is 1. The van der Waals surface area contributed by atoms with Crippen LogP contribution in [-0.2, 0) is 10.0 Å². The summed E-state index contributed by atoms with van der Waals surface area (Å²) in [6.45, 7) is 5.51. The van der Waals surface area contributed by atoms with Crippen molar-refractivity contribution in [2.45, 2.75) is 31.2 Å². The molecular formula is C11H15BrN2O3S. The van der Waals surface area contributed by atoms with Gasteiger partial charge < -0.3 is 5.32 Å². The van der Waals surface area contributed by atoms with E-state index in [9.17, 15) is 13.2 Å². The summed E-state index contributed by atoms with van der Waals surface area (Å²) in [5.74, 6) is -0.353. The fourth-order valence-corrected chi connectivity index (χ4v) is 2.50. The average molecular weight is 335 g/mol. The lowest BCUT2D eigenvalue weighted by Gasteiger charge is -2.20. The van der Waals surface area contributed by atoms with E-state index >= 15 is 0 Å². The molecule has 0 fully saturated rings. The van der Waals surface area contributed by atoms with Gasteiger partial charge in [-0.3, -0.25) is 4.79 Å². The molecule has 1 aromatic rings. The SMILES string of the molecule is CC(C)(C)NC(=O)c1cc(Br)cc(S(N)(=O)=O)c1. The first-order chi connectivity index (χ1) is 7.99. The minimum Gasteiger partial charge on any atom is -0.347 e. The number of nitrogens with one attached hydrogen (secondary N) is 1. The molecule has 0 aliphatic rings. The van der Waals surface area contributed by atoms with Crippen LogP contribution in [0.5, 0.6) is 0 Å². The molecule has 18 heavy (non-hydrogen) atoms. The predicted molar refractivity (Wildman–Crippen MR) is 72.7 cm³/mol. The van der Waals surface area contributed by atoms with Gasteiger partial charge in [0, 0.05) is 15.6 Å². The van der Waals surface area contributed by atoms with E-state index in [0.29, 0.717) is 4.47 Å². The molecule has 0 radical (unpaired) electrons. The predicted octanol–water partition coefficient (Wildman–Crippen LogP) is 1.62. The van der Waals surface area contributed by atoms with Gasteiger partial charge in [0.25, 0.3) is 5.91 Å². The second-order valence-corrected chi connectivity index (χ2v) is 7.40. The molecule has 0 heterocycles. The Hall–Kier alpha value is -0.920. The van der Waals surface area contributed by atoms with E-state index in [1.54, 1.807) is 0 Å². The molecule has 0 atom stereocenters. The molecule has 1 rings (SSSR count). The molecule has 0 unspecified atom stereocenters. The standard InChI is InChI=1S/C11H15BrN2O3S/c1-11(2,3)14-10(15)7-4-8(12)6-9(5-7)18(13,16)17/h4-6H,1-3H3,(H,14,15)(H2,13,16,17).